The van der Waals surface area contributed by atoms with Crippen molar-refractivity contribution >= 4 is 32.7 Å². The van der Waals surface area contributed by atoms with E-state index in [0.717, 1.165) is 22.9 Å². The molecule has 0 spiro atoms. The van der Waals surface area contributed by atoms with E-state index in [2.05, 4.69) is 51.3 Å². The van der Waals surface area contributed by atoms with Crippen LogP contribution in [0.3, 0.4) is 0 Å². The van der Waals surface area contributed by atoms with Crippen LogP contribution in [0.5, 0.6) is 0 Å². The van der Waals surface area contributed by atoms with Gasteiger partial charge in [0, 0.05) is 29.8 Å². The largest absolute Gasteiger partial charge is 0.360 e. The molecule has 1 atom stereocenters. The average molecular weight is 515 g/mol. The van der Waals surface area contributed by atoms with Gasteiger partial charge in [-0.05, 0) is 59.3 Å². The number of fused-ring (bicyclic) bond motifs is 1. The van der Waals surface area contributed by atoms with E-state index >= 15 is 0 Å². The lowest BCUT2D eigenvalue weighted by molar-refractivity contribution is 0.151. The predicted octanol–water partition coefficient (Wildman–Crippen LogP) is 5.31. The standard InChI is InChI=1S/C22H21BrF2N8/c1-3-17-31-21(33(32-17)22-26-8-14(23)9-27-22)11(2)30-20-16-7-13(19(24)25)6-15(12-4-5-12)18(16)28-10-29-20/h6-12,19H,3-5H2,1-2H3,(H,28,29,30)/t11-/m0/s1. The van der Waals surface area contributed by atoms with Gasteiger partial charge in [-0.1, -0.05) is 6.92 Å². The Kier molecular flexibility index (Phi) is 5.73. The van der Waals surface area contributed by atoms with Crippen LogP contribution in [-0.4, -0.2) is 34.7 Å². The van der Waals surface area contributed by atoms with Crippen molar-refractivity contribution in [3.8, 4) is 5.95 Å². The second kappa shape index (κ2) is 8.69. The number of nitrogens with zero attached hydrogens (tertiary/aromatic N) is 7. The summed E-state index contributed by atoms with van der Waals surface area (Å²) in [5.41, 5.74) is 1.55. The van der Waals surface area contributed by atoms with Gasteiger partial charge >= 0.3 is 0 Å². The number of hydrogen-bond acceptors (Lipinski definition) is 7. The van der Waals surface area contributed by atoms with Gasteiger partial charge in [0.1, 0.15) is 12.1 Å². The van der Waals surface area contributed by atoms with E-state index in [1.165, 1.54) is 12.4 Å². The lowest BCUT2D eigenvalue weighted by Crippen LogP contribution is -2.16. The maximum Gasteiger partial charge on any atom is 0.263 e. The molecule has 1 fully saturated rings. The first-order valence-electron chi connectivity index (χ1n) is 10.7. The number of anilines is 1. The van der Waals surface area contributed by atoms with Crippen LogP contribution >= 0.6 is 15.9 Å². The van der Waals surface area contributed by atoms with Crippen molar-refractivity contribution in [3.05, 3.63) is 58.1 Å². The summed E-state index contributed by atoms with van der Waals surface area (Å²) in [5.74, 6) is 2.37. The molecule has 0 radical (unpaired) electrons. The average Bonchev–Trinajstić information content (AvgIpc) is 3.57. The quantitative estimate of drug-likeness (QED) is 0.356. The summed E-state index contributed by atoms with van der Waals surface area (Å²) in [6.45, 7) is 3.87. The lowest BCUT2D eigenvalue weighted by Gasteiger charge is -2.17. The Labute approximate surface area is 197 Å². The third kappa shape index (κ3) is 4.29. The molecule has 0 aliphatic heterocycles. The summed E-state index contributed by atoms with van der Waals surface area (Å²) in [7, 11) is 0. The van der Waals surface area contributed by atoms with Crippen molar-refractivity contribution in [1.82, 2.24) is 34.7 Å². The van der Waals surface area contributed by atoms with E-state index in [0.29, 0.717) is 40.7 Å². The van der Waals surface area contributed by atoms with Crippen LogP contribution in [0.15, 0.2) is 35.3 Å². The van der Waals surface area contributed by atoms with Gasteiger partial charge < -0.3 is 5.32 Å². The molecule has 1 aliphatic carbocycles. The van der Waals surface area contributed by atoms with Gasteiger partial charge in [0.2, 0.25) is 0 Å². The molecule has 1 N–H and O–H groups in total. The molecule has 3 aromatic heterocycles. The van der Waals surface area contributed by atoms with E-state index in [1.54, 1.807) is 23.1 Å². The van der Waals surface area contributed by atoms with Crippen LogP contribution < -0.4 is 5.32 Å². The second-order valence-corrected chi connectivity index (χ2v) is 8.94. The first-order valence-corrected chi connectivity index (χ1v) is 11.5. The van der Waals surface area contributed by atoms with Crippen LogP contribution in [0.4, 0.5) is 14.6 Å². The minimum Gasteiger partial charge on any atom is -0.360 e. The van der Waals surface area contributed by atoms with E-state index in [4.69, 9.17) is 0 Å². The van der Waals surface area contributed by atoms with Gasteiger partial charge in [0.15, 0.2) is 11.6 Å². The molecular formula is C22H21BrF2N8. The van der Waals surface area contributed by atoms with Crippen molar-refractivity contribution in [2.24, 2.45) is 0 Å². The minimum atomic E-state index is -2.57. The number of aromatic nitrogens is 7. The van der Waals surface area contributed by atoms with Crippen molar-refractivity contribution in [2.45, 2.75) is 51.5 Å². The highest BCUT2D eigenvalue weighted by molar-refractivity contribution is 9.10. The highest BCUT2D eigenvalue weighted by atomic mass is 79.9. The number of rotatable bonds is 7. The first kappa shape index (κ1) is 21.7. The molecule has 0 bridgehead atoms. The van der Waals surface area contributed by atoms with E-state index < -0.39 is 6.43 Å². The molecule has 0 amide bonds. The molecule has 3 heterocycles. The minimum absolute atomic E-state index is 0.0189. The van der Waals surface area contributed by atoms with E-state index in [1.807, 2.05) is 13.8 Å². The molecule has 5 rings (SSSR count). The van der Waals surface area contributed by atoms with E-state index in [-0.39, 0.29) is 17.5 Å². The number of alkyl halides is 2. The zero-order valence-electron chi connectivity index (χ0n) is 18.0. The fourth-order valence-corrected chi connectivity index (χ4v) is 4.00. The molecule has 4 aromatic rings. The second-order valence-electron chi connectivity index (χ2n) is 8.02. The lowest BCUT2D eigenvalue weighted by atomic mass is 10.0. The van der Waals surface area contributed by atoms with Crippen LogP contribution in [0.2, 0.25) is 0 Å². The number of hydrogen-bond donors (Lipinski definition) is 1. The summed E-state index contributed by atoms with van der Waals surface area (Å²) in [6.07, 6.45) is 4.79. The molecule has 1 saturated carbocycles. The number of aryl methyl sites for hydroxylation is 1. The Hall–Kier alpha value is -3.08. The van der Waals surface area contributed by atoms with Crippen LogP contribution in [-0.2, 0) is 6.42 Å². The number of halogens is 3. The molecule has 8 nitrogen and oxygen atoms in total. The van der Waals surface area contributed by atoms with Gasteiger partial charge in [-0.15, -0.1) is 5.10 Å². The maximum atomic E-state index is 13.6. The third-order valence-electron chi connectivity index (χ3n) is 5.59. The van der Waals surface area contributed by atoms with Gasteiger partial charge in [-0.25, -0.2) is 33.7 Å². The number of nitrogens with one attached hydrogen (secondary N) is 1. The van der Waals surface area contributed by atoms with Gasteiger partial charge in [0.25, 0.3) is 12.4 Å². The fourth-order valence-electron chi connectivity index (χ4n) is 3.80. The fraction of sp³-hybridized carbons (Fsp3) is 0.364. The molecule has 170 valence electrons. The van der Waals surface area contributed by atoms with Gasteiger partial charge in [0.05, 0.1) is 16.0 Å². The summed E-state index contributed by atoms with van der Waals surface area (Å²) in [5, 5.41) is 8.43. The summed E-state index contributed by atoms with van der Waals surface area (Å²) < 4.78 is 29.6. The smallest absolute Gasteiger partial charge is 0.263 e. The molecule has 1 aromatic carbocycles. The molecular weight excluding hydrogens is 494 g/mol. The summed E-state index contributed by atoms with van der Waals surface area (Å²) in [4.78, 5) is 22.1. The Morgan fingerprint density at radius 1 is 1.15 bits per heavy atom. The number of benzene rings is 1. The van der Waals surface area contributed by atoms with E-state index in [9.17, 15) is 8.78 Å². The molecule has 0 unspecified atom stereocenters. The highest BCUT2D eigenvalue weighted by Crippen LogP contribution is 2.44. The van der Waals surface area contributed by atoms with Crippen molar-refractivity contribution in [1.29, 1.82) is 0 Å². The topological polar surface area (TPSA) is 94.3 Å². The Bertz CT molecular complexity index is 1300. The van der Waals surface area contributed by atoms with Gasteiger partial charge in [-0.3, -0.25) is 0 Å². The van der Waals surface area contributed by atoms with Crippen LogP contribution in [0, 0.1) is 0 Å². The zero-order chi connectivity index (χ0) is 23.1. The van der Waals surface area contributed by atoms with Crippen molar-refractivity contribution < 1.29 is 8.78 Å². The normalized spacial score (nSPS) is 14.7. The third-order valence-corrected chi connectivity index (χ3v) is 6.00. The van der Waals surface area contributed by atoms with Crippen molar-refractivity contribution in [3.63, 3.8) is 0 Å². The Morgan fingerprint density at radius 2 is 1.91 bits per heavy atom. The SMILES string of the molecule is CCc1nc([C@H](C)Nc2ncnc3c(C4CC4)cc(C(F)F)cc23)n(-c2ncc(Br)cn2)n1. The highest BCUT2D eigenvalue weighted by Gasteiger charge is 2.28. The van der Waals surface area contributed by atoms with Crippen molar-refractivity contribution in [2.75, 3.05) is 5.32 Å². The Morgan fingerprint density at radius 3 is 2.58 bits per heavy atom. The maximum absolute atomic E-state index is 13.6. The van der Waals surface area contributed by atoms with Gasteiger partial charge in [-0.2, -0.15) is 4.68 Å². The molecule has 0 saturated heterocycles. The monoisotopic (exact) mass is 514 g/mol. The Balaban J connectivity index is 1.55. The first-order chi connectivity index (χ1) is 15.9. The van der Waals surface area contributed by atoms with Crippen LogP contribution in [0.1, 0.15) is 67.9 Å². The molecule has 1 aliphatic rings. The van der Waals surface area contributed by atoms with Crippen LogP contribution in [0.25, 0.3) is 16.9 Å². The molecule has 11 heteroatoms. The summed E-state index contributed by atoms with van der Waals surface area (Å²) in [6, 6.07) is 2.70. The predicted molar refractivity (Wildman–Crippen MR) is 123 cm³/mol. The molecule has 33 heavy (non-hydrogen) atoms. The summed E-state index contributed by atoms with van der Waals surface area (Å²) >= 11 is 3.34. The zero-order valence-corrected chi connectivity index (χ0v) is 19.6.